The molecule has 0 radical (unpaired) electrons. The first-order valence-corrected chi connectivity index (χ1v) is 5.82. The lowest BCUT2D eigenvalue weighted by Crippen LogP contribution is -2.14. The third-order valence-electron chi connectivity index (χ3n) is 2.47. The van der Waals surface area contributed by atoms with E-state index < -0.39 is 23.3 Å². The zero-order valence-electron chi connectivity index (χ0n) is 10.7. The summed E-state index contributed by atoms with van der Waals surface area (Å²) in [5.41, 5.74) is -1.56. The Bertz CT molecular complexity index is 441. The molecule has 0 spiro atoms. The highest BCUT2D eigenvalue weighted by molar-refractivity contribution is 5.91. The van der Waals surface area contributed by atoms with E-state index in [4.69, 9.17) is 4.74 Å². The van der Waals surface area contributed by atoms with Gasteiger partial charge >= 0.3 is 12.1 Å². The van der Waals surface area contributed by atoms with Gasteiger partial charge in [-0.15, -0.1) is 0 Å². The maximum absolute atomic E-state index is 12.9. The van der Waals surface area contributed by atoms with Crippen molar-refractivity contribution in [3.05, 3.63) is 29.3 Å². The van der Waals surface area contributed by atoms with Gasteiger partial charge in [0.1, 0.15) is 5.75 Å². The Kier molecular flexibility index (Phi) is 5.20. The Morgan fingerprint density at radius 3 is 2.53 bits per heavy atom. The molecule has 1 aromatic rings. The van der Waals surface area contributed by atoms with Crippen LogP contribution < -0.4 is 4.74 Å². The molecule has 0 heterocycles. The van der Waals surface area contributed by atoms with Crippen LogP contribution in [-0.2, 0) is 10.9 Å². The van der Waals surface area contributed by atoms with E-state index in [1.54, 1.807) is 0 Å². The fourth-order valence-electron chi connectivity index (χ4n) is 1.47. The van der Waals surface area contributed by atoms with E-state index in [0.717, 1.165) is 32.1 Å². The monoisotopic (exact) mass is 276 g/mol. The van der Waals surface area contributed by atoms with E-state index in [1.165, 1.54) is 6.07 Å². The smallest absolute Gasteiger partial charge is 0.417 e. The minimum absolute atomic E-state index is 0.0911. The summed E-state index contributed by atoms with van der Waals surface area (Å²) in [4.78, 5) is 11.3. The number of benzene rings is 1. The summed E-state index contributed by atoms with van der Waals surface area (Å²) in [6, 6.07) is 3.22. The Morgan fingerprint density at radius 1 is 1.32 bits per heavy atom. The third kappa shape index (κ3) is 4.15. The molecule has 6 heteroatoms. The lowest BCUT2D eigenvalue weighted by atomic mass is 10.1. The van der Waals surface area contributed by atoms with Gasteiger partial charge in [-0.05, 0) is 24.6 Å². The van der Waals surface area contributed by atoms with E-state index in [9.17, 15) is 18.0 Å². The minimum atomic E-state index is -4.63. The summed E-state index contributed by atoms with van der Waals surface area (Å²) in [5.74, 6) is -0.930. The van der Waals surface area contributed by atoms with Crippen molar-refractivity contribution in [1.29, 1.82) is 0 Å². The minimum Gasteiger partial charge on any atom is -0.494 e. The van der Waals surface area contributed by atoms with Crippen molar-refractivity contribution >= 4 is 5.97 Å². The largest absolute Gasteiger partial charge is 0.494 e. The van der Waals surface area contributed by atoms with Crippen LogP contribution >= 0.6 is 0 Å². The lowest BCUT2D eigenvalue weighted by Gasteiger charge is -2.13. The predicted molar refractivity (Wildman–Crippen MR) is 63.2 cm³/mol. The van der Waals surface area contributed by atoms with Gasteiger partial charge in [-0.2, -0.15) is 13.2 Å². The Morgan fingerprint density at radius 2 is 2.00 bits per heavy atom. The normalized spacial score (nSPS) is 11.2. The van der Waals surface area contributed by atoms with Gasteiger partial charge in [-0.25, -0.2) is 4.79 Å². The first-order chi connectivity index (χ1) is 8.90. The SMILES string of the molecule is CCCCOc1ccc(C(=O)OC)c(C(F)(F)F)c1. The van der Waals surface area contributed by atoms with Crippen LogP contribution in [0.4, 0.5) is 13.2 Å². The Balaban J connectivity index is 3.05. The third-order valence-corrected chi connectivity index (χ3v) is 2.47. The quantitative estimate of drug-likeness (QED) is 0.608. The standard InChI is InChI=1S/C13H15F3O3/c1-3-4-7-19-9-5-6-10(12(17)18-2)11(8-9)13(14,15)16/h5-6,8H,3-4,7H2,1-2H3. The molecule has 106 valence electrons. The molecule has 0 aliphatic heterocycles. The number of halogens is 3. The molecule has 19 heavy (non-hydrogen) atoms. The first kappa shape index (κ1) is 15.3. The van der Waals surface area contributed by atoms with Crippen LogP contribution in [0.25, 0.3) is 0 Å². The fourth-order valence-corrected chi connectivity index (χ4v) is 1.47. The number of carbonyl (C=O) groups excluding carboxylic acids is 1. The van der Waals surface area contributed by atoms with Crippen molar-refractivity contribution in [2.45, 2.75) is 25.9 Å². The second-order valence-electron chi connectivity index (χ2n) is 3.90. The maximum atomic E-state index is 12.9. The van der Waals surface area contributed by atoms with E-state index in [-0.39, 0.29) is 5.75 Å². The summed E-state index contributed by atoms with van der Waals surface area (Å²) in [6.45, 7) is 2.29. The number of esters is 1. The predicted octanol–water partition coefficient (Wildman–Crippen LogP) is 3.67. The second kappa shape index (κ2) is 6.45. The molecular weight excluding hydrogens is 261 g/mol. The van der Waals surface area contributed by atoms with Crippen LogP contribution in [0.5, 0.6) is 5.75 Å². The van der Waals surface area contributed by atoms with Crippen molar-refractivity contribution < 1.29 is 27.4 Å². The van der Waals surface area contributed by atoms with Crippen molar-refractivity contribution in [1.82, 2.24) is 0 Å². The number of rotatable bonds is 5. The van der Waals surface area contributed by atoms with E-state index in [2.05, 4.69) is 4.74 Å². The van der Waals surface area contributed by atoms with Crippen molar-refractivity contribution in [3.63, 3.8) is 0 Å². The maximum Gasteiger partial charge on any atom is 0.417 e. The molecule has 0 amide bonds. The van der Waals surface area contributed by atoms with Crippen LogP contribution in [0.2, 0.25) is 0 Å². The van der Waals surface area contributed by atoms with Gasteiger partial charge in [0, 0.05) is 0 Å². The highest BCUT2D eigenvalue weighted by Crippen LogP contribution is 2.34. The number of carbonyl (C=O) groups is 1. The average molecular weight is 276 g/mol. The van der Waals surface area contributed by atoms with Gasteiger partial charge in [0.15, 0.2) is 0 Å². The molecule has 0 fully saturated rings. The van der Waals surface area contributed by atoms with Gasteiger partial charge in [-0.3, -0.25) is 0 Å². The highest BCUT2D eigenvalue weighted by atomic mass is 19.4. The molecule has 0 aliphatic carbocycles. The molecule has 1 aromatic carbocycles. The number of methoxy groups -OCH3 is 1. The highest BCUT2D eigenvalue weighted by Gasteiger charge is 2.36. The van der Waals surface area contributed by atoms with E-state index in [0.29, 0.717) is 6.61 Å². The molecule has 0 N–H and O–H groups in total. The zero-order valence-corrected chi connectivity index (χ0v) is 10.7. The van der Waals surface area contributed by atoms with Gasteiger partial charge in [0.2, 0.25) is 0 Å². The number of alkyl halides is 3. The molecule has 0 bridgehead atoms. The van der Waals surface area contributed by atoms with E-state index in [1.807, 2.05) is 6.92 Å². The topological polar surface area (TPSA) is 35.5 Å². The Hall–Kier alpha value is -1.72. The van der Waals surface area contributed by atoms with Crippen LogP contribution in [0.15, 0.2) is 18.2 Å². The van der Waals surface area contributed by atoms with E-state index >= 15 is 0 Å². The van der Waals surface area contributed by atoms with Crippen LogP contribution in [0, 0.1) is 0 Å². The summed E-state index contributed by atoms with van der Waals surface area (Å²) < 4.78 is 48.1. The van der Waals surface area contributed by atoms with Crippen LogP contribution in [0.3, 0.4) is 0 Å². The molecule has 0 atom stereocenters. The second-order valence-corrected chi connectivity index (χ2v) is 3.90. The summed E-state index contributed by atoms with van der Waals surface area (Å²) >= 11 is 0. The van der Waals surface area contributed by atoms with Gasteiger partial charge in [0.05, 0.1) is 24.8 Å². The molecule has 0 saturated heterocycles. The zero-order chi connectivity index (χ0) is 14.5. The molecule has 0 unspecified atom stereocenters. The van der Waals surface area contributed by atoms with Crippen molar-refractivity contribution in [2.24, 2.45) is 0 Å². The number of unbranched alkanes of at least 4 members (excludes halogenated alkanes) is 1. The summed E-state index contributed by atoms with van der Waals surface area (Å²) in [7, 11) is 1.04. The number of ether oxygens (including phenoxy) is 2. The lowest BCUT2D eigenvalue weighted by molar-refractivity contribution is -0.138. The van der Waals surface area contributed by atoms with Crippen LogP contribution in [-0.4, -0.2) is 19.7 Å². The average Bonchev–Trinajstić information content (AvgIpc) is 2.37. The van der Waals surface area contributed by atoms with Crippen molar-refractivity contribution in [3.8, 4) is 5.75 Å². The molecule has 0 aliphatic rings. The van der Waals surface area contributed by atoms with Gasteiger partial charge in [0.25, 0.3) is 0 Å². The molecule has 0 saturated carbocycles. The van der Waals surface area contributed by atoms with Crippen LogP contribution in [0.1, 0.15) is 35.7 Å². The Labute approximate surface area is 109 Å². The molecular formula is C13H15F3O3. The first-order valence-electron chi connectivity index (χ1n) is 5.82. The molecule has 3 nitrogen and oxygen atoms in total. The van der Waals surface area contributed by atoms with Crippen molar-refractivity contribution in [2.75, 3.05) is 13.7 Å². The van der Waals surface area contributed by atoms with Gasteiger partial charge < -0.3 is 9.47 Å². The molecule has 1 rings (SSSR count). The fraction of sp³-hybridized carbons (Fsp3) is 0.462. The summed E-state index contributed by atoms with van der Waals surface area (Å²) in [6.07, 6.45) is -3.00. The van der Waals surface area contributed by atoms with Gasteiger partial charge in [-0.1, -0.05) is 13.3 Å². The summed E-state index contributed by atoms with van der Waals surface area (Å²) in [5, 5.41) is 0. The number of hydrogen-bond donors (Lipinski definition) is 0. The molecule has 0 aromatic heterocycles. The number of hydrogen-bond acceptors (Lipinski definition) is 3.